The van der Waals surface area contributed by atoms with Crippen molar-refractivity contribution in [2.75, 3.05) is 31.3 Å². The minimum Gasteiger partial charge on any atom is -0.399 e. The van der Waals surface area contributed by atoms with Gasteiger partial charge in [-0.05, 0) is 18.2 Å². The van der Waals surface area contributed by atoms with Crippen molar-refractivity contribution < 1.29 is 4.79 Å². The molecule has 0 saturated carbocycles. The molecule has 0 fully saturated rings. The topological polar surface area (TPSA) is 82.2 Å². The number of hydrogen-bond acceptors (Lipinski definition) is 4. The maximum absolute atomic E-state index is 11.5. The summed E-state index contributed by atoms with van der Waals surface area (Å²) < 4.78 is 0. The van der Waals surface area contributed by atoms with E-state index in [9.17, 15) is 4.79 Å². The molecule has 0 heterocycles. The van der Waals surface area contributed by atoms with E-state index in [-0.39, 0.29) is 11.8 Å². The number of hydrogen-bond donors (Lipinski definition) is 2. The first kappa shape index (κ1) is 13.8. The van der Waals surface area contributed by atoms with Gasteiger partial charge in [0.1, 0.15) is 6.07 Å². The SMILES string of the molecule is CNC(=O)C(C)CN(C)c1ccc(N)cc1C#N. The fourth-order valence-corrected chi connectivity index (χ4v) is 1.81. The van der Waals surface area contributed by atoms with Gasteiger partial charge in [-0.25, -0.2) is 0 Å². The van der Waals surface area contributed by atoms with Gasteiger partial charge in [-0.2, -0.15) is 5.26 Å². The third-order valence-electron chi connectivity index (χ3n) is 2.79. The summed E-state index contributed by atoms with van der Waals surface area (Å²) in [6.07, 6.45) is 0. The molecule has 1 amide bonds. The highest BCUT2D eigenvalue weighted by atomic mass is 16.1. The van der Waals surface area contributed by atoms with Crippen LogP contribution in [-0.4, -0.2) is 26.5 Å². The number of nitrogens with two attached hydrogens (primary N) is 1. The lowest BCUT2D eigenvalue weighted by Gasteiger charge is -2.23. The molecule has 0 aliphatic heterocycles. The van der Waals surface area contributed by atoms with E-state index in [1.165, 1.54) is 0 Å². The van der Waals surface area contributed by atoms with Gasteiger partial charge < -0.3 is 16.0 Å². The van der Waals surface area contributed by atoms with Crippen LogP contribution >= 0.6 is 0 Å². The van der Waals surface area contributed by atoms with Gasteiger partial charge in [-0.15, -0.1) is 0 Å². The van der Waals surface area contributed by atoms with Crippen LogP contribution in [0.15, 0.2) is 18.2 Å². The number of anilines is 2. The van der Waals surface area contributed by atoms with Gasteiger partial charge in [-0.3, -0.25) is 4.79 Å². The smallest absolute Gasteiger partial charge is 0.224 e. The summed E-state index contributed by atoms with van der Waals surface area (Å²) in [6.45, 7) is 2.39. The predicted molar refractivity (Wildman–Crippen MR) is 72.1 cm³/mol. The van der Waals surface area contributed by atoms with Crippen molar-refractivity contribution in [3.63, 3.8) is 0 Å². The molecule has 0 radical (unpaired) electrons. The first-order valence-corrected chi connectivity index (χ1v) is 5.72. The van der Waals surface area contributed by atoms with Gasteiger partial charge in [-0.1, -0.05) is 6.92 Å². The molecule has 96 valence electrons. The van der Waals surface area contributed by atoms with E-state index < -0.39 is 0 Å². The highest BCUT2D eigenvalue weighted by molar-refractivity contribution is 5.78. The monoisotopic (exact) mass is 246 g/mol. The lowest BCUT2D eigenvalue weighted by Crippen LogP contribution is -2.34. The summed E-state index contributed by atoms with van der Waals surface area (Å²) in [5.74, 6) is -0.167. The summed E-state index contributed by atoms with van der Waals surface area (Å²) in [4.78, 5) is 13.4. The molecule has 3 N–H and O–H groups in total. The Balaban J connectivity index is 2.88. The van der Waals surface area contributed by atoms with E-state index in [2.05, 4.69) is 11.4 Å². The second-order valence-electron chi connectivity index (χ2n) is 4.28. The van der Waals surface area contributed by atoms with Crippen LogP contribution in [0.2, 0.25) is 0 Å². The van der Waals surface area contributed by atoms with Crippen molar-refractivity contribution in [2.24, 2.45) is 5.92 Å². The van der Waals surface area contributed by atoms with Crippen LogP contribution in [0.4, 0.5) is 11.4 Å². The molecular weight excluding hydrogens is 228 g/mol. The molecular formula is C13H18N4O. The minimum atomic E-state index is -0.149. The number of amides is 1. The van der Waals surface area contributed by atoms with Gasteiger partial charge in [0, 0.05) is 26.3 Å². The van der Waals surface area contributed by atoms with Crippen molar-refractivity contribution >= 4 is 17.3 Å². The predicted octanol–water partition coefficient (Wildman–Crippen LogP) is 0.959. The standard InChI is InChI=1S/C13H18N4O/c1-9(13(18)16-2)8-17(3)12-5-4-11(15)6-10(12)7-14/h4-6,9H,8,15H2,1-3H3,(H,16,18). The first-order valence-electron chi connectivity index (χ1n) is 5.72. The molecule has 1 atom stereocenters. The molecule has 0 spiro atoms. The molecule has 0 aromatic heterocycles. The van der Waals surface area contributed by atoms with Crippen molar-refractivity contribution in [1.82, 2.24) is 5.32 Å². The fourth-order valence-electron chi connectivity index (χ4n) is 1.81. The summed E-state index contributed by atoms with van der Waals surface area (Å²) in [5, 5.41) is 11.7. The number of benzene rings is 1. The number of rotatable bonds is 4. The van der Waals surface area contributed by atoms with E-state index in [1.807, 2.05) is 18.9 Å². The summed E-state index contributed by atoms with van der Waals surface area (Å²) >= 11 is 0. The van der Waals surface area contributed by atoms with Gasteiger partial charge >= 0.3 is 0 Å². The zero-order valence-corrected chi connectivity index (χ0v) is 10.9. The molecule has 0 aliphatic rings. The number of carbonyl (C=O) groups is 1. The van der Waals surface area contributed by atoms with E-state index in [1.54, 1.807) is 25.2 Å². The fraction of sp³-hybridized carbons (Fsp3) is 0.385. The largest absolute Gasteiger partial charge is 0.399 e. The maximum atomic E-state index is 11.5. The Labute approximate surface area is 107 Å². The van der Waals surface area contributed by atoms with Crippen LogP contribution in [0.3, 0.4) is 0 Å². The molecule has 5 heteroatoms. The molecule has 0 bridgehead atoms. The Hall–Kier alpha value is -2.22. The van der Waals surface area contributed by atoms with Gasteiger partial charge in [0.25, 0.3) is 0 Å². The number of carbonyl (C=O) groups excluding carboxylic acids is 1. The second kappa shape index (κ2) is 5.92. The molecule has 18 heavy (non-hydrogen) atoms. The molecule has 1 aromatic carbocycles. The van der Waals surface area contributed by atoms with Gasteiger partial charge in [0.2, 0.25) is 5.91 Å². The summed E-state index contributed by atoms with van der Waals surface area (Å²) in [6, 6.07) is 7.29. The Kier molecular flexibility index (Phi) is 4.55. The average Bonchev–Trinajstić information content (AvgIpc) is 2.37. The minimum absolute atomic E-state index is 0.0178. The van der Waals surface area contributed by atoms with Crippen LogP contribution in [0, 0.1) is 17.2 Å². The molecule has 5 nitrogen and oxygen atoms in total. The molecule has 1 unspecified atom stereocenters. The van der Waals surface area contributed by atoms with Gasteiger partial charge in [0.15, 0.2) is 0 Å². The summed E-state index contributed by atoms with van der Waals surface area (Å²) in [7, 11) is 3.47. The molecule has 0 saturated heterocycles. The Bertz CT molecular complexity index is 478. The first-order chi connectivity index (χ1) is 8.49. The Morgan fingerprint density at radius 2 is 2.28 bits per heavy atom. The maximum Gasteiger partial charge on any atom is 0.224 e. The lowest BCUT2D eigenvalue weighted by atomic mass is 10.1. The second-order valence-corrected chi connectivity index (χ2v) is 4.28. The van der Waals surface area contributed by atoms with E-state index in [4.69, 9.17) is 11.0 Å². The van der Waals surface area contributed by atoms with E-state index in [0.29, 0.717) is 17.8 Å². The van der Waals surface area contributed by atoms with Crippen LogP contribution in [0.1, 0.15) is 12.5 Å². The number of nitrogens with one attached hydrogen (secondary N) is 1. The highest BCUT2D eigenvalue weighted by Gasteiger charge is 2.15. The number of nitriles is 1. The molecule has 1 rings (SSSR count). The van der Waals surface area contributed by atoms with Crippen LogP contribution < -0.4 is 16.0 Å². The molecule has 0 aliphatic carbocycles. The van der Waals surface area contributed by atoms with Gasteiger partial charge in [0.05, 0.1) is 17.2 Å². The zero-order valence-electron chi connectivity index (χ0n) is 10.9. The zero-order chi connectivity index (χ0) is 13.7. The Morgan fingerprint density at radius 3 is 2.83 bits per heavy atom. The Morgan fingerprint density at radius 1 is 1.61 bits per heavy atom. The number of nitrogens with zero attached hydrogens (tertiary/aromatic N) is 2. The van der Waals surface area contributed by atoms with Crippen LogP contribution in [0.25, 0.3) is 0 Å². The lowest BCUT2D eigenvalue weighted by molar-refractivity contribution is -0.123. The molecule has 1 aromatic rings. The van der Waals surface area contributed by atoms with Crippen molar-refractivity contribution in [3.8, 4) is 6.07 Å². The summed E-state index contributed by atoms with van der Waals surface area (Å²) in [5.41, 5.74) is 7.49. The number of nitrogen functional groups attached to an aromatic ring is 1. The third-order valence-corrected chi connectivity index (χ3v) is 2.79. The van der Waals surface area contributed by atoms with E-state index in [0.717, 1.165) is 5.69 Å². The normalized spacial score (nSPS) is 11.4. The average molecular weight is 246 g/mol. The van der Waals surface area contributed by atoms with Crippen molar-refractivity contribution in [3.05, 3.63) is 23.8 Å². The third kappa shape index (κ3) is 3.14. The quantitative estimate of drug-likeness (QED) is 0.775. The van der Waals surface area contributed by atoms with Crippen molar-refractivity contribution in [2.45, 2.75) is 6.92 Å². The van der Waals surface area contributed by atoms with Crippen LogP contribution in [-0.2, 0) is 4.79 Å². The van der Waals surface area contributed by atoms with Crippen molar-refractivity contribution in [1.29, 1.82) is 5.26 Å². The highest BCUT2D eigenvalue weighted by Crippen LogP contribution is 2.22. The van der Waals surface area contributed by atoms with E-state index >= 15 is 0 Å². The van der Waals surface area contributed by atoms with Crippen LogP contribution in [0.5, 0.6) is 0 Å².